The summed E-state index contributed by atoms with van der Waals surface area (Å²) in [6.07, 6.45) is 1.49. The maximum atomic E-state index is 12.1. The van der Waals surface area contributed by atoms with Crippen molar-refractivity contribution in [2.75, 3.05) is 7.05 Å². The van der Waals surface area contributed by atoms with Gasteiger partial charge in [-0.15, -0.1) is 0 Å². The Labute approximate surface area is 113 Å². The number of aromatic nitrogens is 1. The van der Waals surface area contributed by atoms with E-state index in [1.54, 1.807) is 18.0 Å². The number of nitrogens with zero attached hydrogens (tertiary/aromatic N) is 2. The molecule has 1 aromatic rings. The zero-order valence-corrected chi connectivity index (χ0v) is 12.2. The third kappa shape index (κ3) is 3.60. The Hall–Kier alpha value is -1.29. The molecule has 100 valence electrons. The molecule has 0 N–H and O–H groups in total. The van der Waals surface area contributed by atoms with Gasteiger partial charge in [-0.3, -0.25) is 4.79 Å². The summed E-state index contributed by atoms with van der Waals surface area (Å²) in [7, 11) is 1.75. The highest BCUT2D eigenvalue weighted by Gasteiger charge is 2.17. The topological polar surface area (TPSA) is 42.4 Å². The van der Waals surface area contributed by atoms with E-state index in [4.69, 9.17) is 16.3 Å². The van der Waals surface area contributed by atoms with E-state index in [1.807, 2.05) is 27.7 Å². The second-order valence-corrected chi connectivity index (χ2v) is 5.09. The first-order valence-corrected chi connectivity index (χ1v) is 6.30. The number of carbonyl (C=O) groups excluding carboxylic acids is 1. The molecule has 0 saturated carbocycles. The molecule has 1 aromatic heterocycles. The van der Waals surface area contributed by atoms with Gasteiger partial charge in [0.1, 0.15) is 5.02 Å². The van der Waals surface area contributed by atoms with Gasteiger partial charge in [-0.1, -0.05) is 11.6 Å². The van der Waals surface area contributed by atoms with Gasteiger partial charge in [-0.2, -0.15) is 0 Å². The van der Waals surface area contributed by atoms with Crippen molar-refractivity contribution >= 4 is 17.5 Å². The number of rotatable bonds is 4. The summed E-state index contributed by atoms with van der Waals surface area (Å²) in [6.45, 7) is 7.68. The first kappa shape index (κ1) is 14.8. The van der Waals surface area contributed by atoms with Gasteiger partial charge < -0.3 is 9.64 Å². The predicted octanol–water partition coefficient (Wildman–Crippen LogP) is 3.00. The summed E-state index contributed by atoms with van der Waals surface area (Å²) >= 11 is 6.04. The summed E-state index contributed by atoms with van der Waals surface area (Å²) < 4.78 is 5.42. The van der Waals surface area contributed by atoms with Crippen molar-refractivity contribution in [3.8, 4) is 5.88 Å². The number of carbonyl (C=O) groups is 1. The minimum Gasteiger partial charge on any atom is -0.474 e. The molecule has 0 aliphatic heterocycles. The van der Waals surface area contributed by atoms with Crippen LogP contribution >= 0.6 is 11.6 Å². The summed E-state index contributed by atoms with van der Waals surface area (Å²) in [5, 5.41) is 0.353. The Kier molecular flexibility index (Phi) is 4.96. The standard InChI is InChI=1S/C13H19ClN2O2/c1-8(2)16(5)13(17)10-6-11(14)12(15-7-10)18-9(3)4/h6-9H,1-5H3. The van der Waals surface area contributed by atoms with Crippen LogP contribution in [0.1, 0.15) is 38.1 Å². The zero-order chi connectivity index (χ0) is 13.9. The average molecular weight is 271 g/mol. The second kappa shape index (κ2) is 6.05. The summed E-state index contributed by atoms with van der Waals surface area (Å²) in [6, 6.07) is 1.72. The zero-order valence-electron chi connectivity index (χ0n) is 11.4. The van der Waals surface area contributed by atoms with Crippen molar-refractivity contribution in [3.63, 3.8) is 0 Å². The molecule has 5 heteroatoms. The molecule has 0 aromatic carbocycles. The molecular weight excluding hydrogens is 252 g/mol. The molecule has 0 spiro atoms. The molecular formula is C13H19ClN2O2. The summed E-state index contributed by atoms with van der Waals surface area (Å²) in [4.78, 5) is 17.8. The van der Waals surface area contributed by atoms with Crippen molar-refractivity contribution in [3.05, 3.63) is 22.8 Å². The third-order valence-electron chi connectivity index (χ3n) is 2.50. The molecule has 4 nitrogen and oxygen atoms in total. The summed E-state index contributed by atoms with van der Waals surface area (Å²) in [5.74, 6) is 0.255. The number of ether oxygens (including phenoxy) is 1. The molecule has 0 saturated heterocycles. The van der Waals surface area contributed by atoms with Crippen LogP contribution in [0, 0.1) is 0 Å². The molecule has 1 heterocycles. The van der Waals surface area contributed by atoms with Crippen LogP contribution in [0.4, 0.5) is 0 Å². The van der Waals surface area contributed by atoms with Crippen molar-refractivity contribution < 1.29 is 9.53 Å². The largest absolute Gasteiger partial charge is 0.474 e. The van der Waals surface area contributed by atoms with Gasteiger partial charge in [0, 0.05) is 19.3 Å². The molecule has 0 aliphatic rings. The quantitative estimate of drug-likeness (QED) is 0.845. The lowest BCUT2D eigenvalue weighted by Crippen LogP contribution is -2.33. The molecule has 1 amide bonds. The maximum Gasteiger partial charge on any atom is 0.255 e. The maximum absolute atomic E-state index is 12.1. The second-order valence-electron chi connectivity index (χ2n) is 4.69. The van der Waals surface area contributed by atoms with Crippen LogP contribution in [-0.2, 0) is 0 Å². The van der Waals surface area contributed by atoms with Crippen LogP contribution in [0.2, 0.25) is 5.02 Å². The Morgan fingerprint density at radius 2 is 2.00 bits per heavy atom. The summed E-state index contributed by atoms with van der Waals surface area (Å²) in [5.41, 5.74) is 0.465. The Morgan fingerprint density at radius 3 is 2.44 bits per heavy atom. The predicted molar refractivity (Wildman–Crippen MR) is 72.2 cm³/mol. The van der Waals surface area contributed by atoms with Crippen LogP contribution in [0.25, 0.3) is 0 Å². The van der Waals surface area contributed by atoms with Gasteiger partial charge in [0.25, 0.3) is 5.91 Å². The average Bonchev–Trinajstić information content (AvgIpc) is 2.29. The van der Waals surface area contributed by atoms with E-state index in [9.17, 15) is 4.79 Å². The number of pyridine rings is 1. The highest BCUT2D eigenvalue weighted by atomic mass is 35.5. The minimum atomic E-state index is -0.101. The van der Waals surface area contributed by atoms with Crippen molar-refractivity contribution in [1.29, 1.82) is 0 Å². The number of amides is 1. The monoisotopic (exact) mass is 270 g/mol. The number of hydrogen-bond acceptors (Lipinski definition) is 3. The Bertz CT molecular complexity index is 433. The molecule has 0 radical (unpaired) electrons. The van der Waals surface area contributed by atoms with E-state index in [2.05, 4.69) is 4.98 Å². The van der Waals surface area contributed by atoms with Crippen LogP contribution in [0.5, 0.6) is 5.88 Å². The lowest BCUT2D eigenvalue weighted by Gasteiger charge is -2.21. The molecule has 0 bridgehead atoms. The van der Waals surface area contributed by atoms with Gasteiger partial charge >= 0.3 is 0 Å². The van der Waals surface area contributed by atoms with Crippen molar-refractivity contribution in [2.45, 2.75) is 39.8 Å². The molecule has 1 rings (SSSR count). The van der Waals surface area contributed by atoms with Crippen molar-refractivity contribution in [1.82, 2.24) is 9.88 Å². The lowest BCUT2D eigenvalue weighted by atomic mass is 10.2. The van der Waals surface area contributed by atoms with Crippen molar-refractivity contribution in [2.24, 2.45) is 0 Å². The van der Waals surface area contributed by atoms with Gasteiger partial charge in [-0.05, 0) is 33.8 Å². The third-order valence-corrected chi connectivity index (χ3v) is 2.77. The molecule has 0 fully saturated rings. The van der Waals surface area contributed by atoms with Crippen LogP contribution < -0.4 is 4.74 Å². The Balaban J connectivity index is 2.94. The number of hydrogen-bond donors (Lipinski definition) is 0. The fourth-order valence-electron chi connectivity index (χ4n) is 1.29. The van der Waals surface area contributed by atoms with E-state index >= 15 is 0 Å². The molecule has 18 heavy (non-hydrogen) atoms. The van der Waals surface area contributed by atoms with Crippen LogP contribution in [0.3, 0.4) is 0 Å². The fourth-order valence-corrected chi connectivity index (χ4v) is 1.50. The van der Waals surface area contributed by atoms with E-state index in [0.29, 0.717) is 16.5 Å². The highest BCUT2D eigenvalue weighted by Crippen LogP contribution is 2.24. The number of halogens is 1. The molecule has 0 unspecified atom stereocenters. The van der Waals surface area contributed by atoms with Gasteiger partial charge in [0.15, 0.2) is 0 Å². The molecule has 0 atom stereocenters. The van der Waals surface area contributed by atoms with Gasteiger partial charge in [0.2, 0.25) is 5.88 Å². The normalized spacial score (nSPS) is 10.9. The lowest BCUT2D eigenvalue weighted by molar-refractivity contribution is 0.0754. The minimum absolute atomic E-state index is 0.00473. The van der Waals surface area contributed by atoms with Crippen LogP contribution in [-0.4, -0.2) is 35.0 Å². The highest BCUT2D eigenvalue weighted by molar-refractivity contribution is 6.32. The van der Waals surface area contributed by atoms with Gasteiger partial charge in [0.05, 0.1) is 11.7 Å². The smallest absolute Gasteiger partial charge is 0.255 e. The first-order chi connectivity index (χ1) is 8.32. The van der Waals surface area contributed by atoms with Crippen LogP contribution in [0.15, 0.2) is 12.3 Å². The van der Waals surface area contributed by atoms with E-state index in [0.717, 1.165) is 0 Å². The van der Waals surface area contributed by atoms with E-state index in [-0.39, 0.29) is 18.1 Å². The van der Waals surface area contributed by atoms with E-state index < -0.39 is 0 Å². The first-order valence-electron chi connectivity index (χ1n) is 5.92. The Morgan fingerprint density at radius 1 is 1.39 bits per heavy atom. The molecule has 0 aliphatic carbocycles. The van der Waals surface area contributed by atoms with E-state index in [1.165, 1.54) is 6.20 Å². The van der Waals surface area contributed by atoms with Gasteiger partial charge in [-0.25, -0.2) is 4.98 Å². The SMILES string of the molecule is CC(C)Oc1ncc(C(=O)N(C)C(C)C)cc1Cl. The fraction of sp³-hybridized carbons (Fsp3) is 0.538.